The maximum Gasteiger partial charge on any atom is 0.269 e. The van der Waals surface area contributed by atoms with Crippen LogP contribution >= 0.6 is 0 Å². The molecular formula is C14H15N5O3. The number of fused-ring (bicyclic) bond motifs is 1. The van der Waals surface area contributed by atoms with Gasteiger partial charge in [-0.1, -0.05) is 12.1 Å². The number of aromatic hydroxyl groups is 1. The maximum atomic E-state index is 10.6. The molecule has 8 heteroatoms. The van der Waals surface area contributed by atoms with E-state index in [2.05, 4.69) is 15.3 Å². The lowest BCUT2D eigenvalue weighted by Crippen LogP contribution is -1.98. The quantitative estimate of drug-likeness (QED) is 0.554. The number of non-ortho nitro benzene ring substituents is 1. The average Bonchev–Trinajstić information content (AvgIpc) is 3.01. The van der Waals surface area contributed by atoms with Crippen LogP contribution in [0.5, 0.6) is 5.75 Å². The molecule has 2 heterocycles. The van der Waals surface area contributed by atoms with Crippen LogP contribution in [-0.2, 0) is 12.8 Å². The number of nitro groups is 1. The summed E-state index contributed by atoms with van der Waals surface area (Å²) in [6.45, 7) is 1.77. The van der Waals surface area contributed by atoms with Gasteiger partial charge in [-0.2, -0.15) is 0 Å². The van der Waals surface area contributed by atoms with Crippen LogP contribution in [0, 0.1) is 17.0 Å². The molecular weight excluding hydrogens is 286 g/mol. The summed E-state index contributed by atoms with van der Waals surface area (Å²) in [6, 6.07) is 6.55. The SMILES string of the molecule is Cc1[nH]n2c(CCCc3ccc([N+](=O)[O-])cc3)nnc2c1O. The van der Waals surface area contributed by atoms with E-state index >= 15 is 0 Å². The number of rotatable bonds is 5. The van der Waals surface area contributed by atoms with Crippen molar-refractivity contribution in [2.75, 3.05) is 0 Å². The Morgan fingerprint density at radius 1 is 1.27 bits per heavy atom. The first-order valence-electron chi connectivity index (χ1n) is 6.91. The number of aromatic nitrogens is 4. The lowest BCUT2D eigenvalue weighted by Gasteiger charge is -2.00. The third-order valence-corrected chi connectivity index (χ3v) is 3.59. The zero-order valence-electron chi connectivity index (χ0n) is 12.0. The summed E-state index contributed by atoms with van der Waals surface area (Å²) in [5, 5.41) is 31.4. The van der Waals surface area contributed by atoms with Crippen molar-refractivity contribution in [2.24, 2.45) is 0 Å². The second kappa shape index (κ2) is 5.47. The third kappa shape index (κ3) is 2.50. The van der Waals surface area contributed by atoms with E-state index in [1.54, 1.807) is 23.6 Å². The van der Waals surface area contributed by atoms with Crippen LogP contribution in [0.15, 0.2) is 24.3 Å². The number of aromatic amines is 1. The van der Waals surface area contributed by atoms with Gasteiger partial charge in [-0.25, -0.2) is 4.52 Å². The van der Waals surface area contributed by atoms with Crippen molar-refractivity contribution in [1.82, 2.24) is 19.8 Å². The van der Waals surface area contributed by atoms with Gasteiger partial charge in [0.25, 0.3) is 5.69 Å². The Morgan fingerprint density at radius 3 is 2.68 bits per heavy atom. The predicted molar refractivity (Wildman–Crippen MR) is 78.9 cm³/mol. The minimum atomic E-state index is -0.406. The van der Waals surface area contributed by atoms with E-state index in [-0.39, 0.29) is 11.4 Å². The Bertz CT molecular complexity index is 819. The molecule has 0 amide bonds. The molecule has 3 aromatic rings. The van der Waals surface area contributed by atoms with Crippen LogP contribution in [0.3, 0.4) is 0 Å². The molecule has 2 aromatic heterocycles. The Kier molecular flexibility index (Phi) is 3.50. The molecule has 0 spiro atoms. The minimum Gasteiger partial charge on any atom is -0.503 e. The van der Waals surface area contributed by atoms with Crippen LogP contribution < -0.4 is 0 Å². The lowest BCUT2D eigenvalue weighted by molar-refractivity contribution is -0.384. The van der Waals surface area contributed by atoms with Gasteiger partial charge in [-0.05, 0) is 25.3 Å². The van der Waals surface area contributed by atoms with Gasteiger partial charge in [0.1, 0.15) is 0 Å². The van der Waals surface area contributed by atoms with Crippen LogP contribution in [0.25, 0.3) is 5.65 Å². The predicted octanol–water partition coefficient (Wildman–Crippen LogP) is 2.15. The Labute approximate surface area is 125 Å². The summed E-state index contributed by atoms with van der Waals surface area (Å²) in [6.07, 6.45) is 2.31. The Morgan fingerprint density at radius 2 is 2.00 bits per heavy atom. The molecule has 0 aliphatic carbocycles. The zero-order chi connectivity index (χ0) is 15.7. The van der Waals surface area contributed by atoms with Gasteiger partial charge in [-0.15, -0.1) is 10.2 Å². The Hall–Kier alpha value is -2.90. The van der Waals surface area contributed by atoms with Crippen molar-refractivity contribution in [3.8, 4) is 5.75 Å². The summed E-state index contributed by atoms with van der Waals surface area (Å²) >= 11 is 0. The molecule has 0 aliphatic heterocycles. The van der Waals surface area contributed by atoms with E-state index in [1.165, 1.54) is 12.1 Å². The third-order valence-electron chi connectivity index (χ3n) is 3.59. The molecule has 3 rings (SSSR count). The van der Waals surface area contributed by atoms with Gasteiger partial charge >= 0.3 is 0 Å². The standard InChI is InChI=1S/C14H15N5O3/c1-9-13(20)14-16-15-12(18(14)17-9)4-2-3-10-5-7-11(8-6-10)19(21)22/h5-8,17,20H,2-4H2,1H3. The Balaban J connectivity index is 1.64. The van der Waals surface area contributed by atoms with Crippen LogP contribution in [0.1, 0.15) is 23.5 Å². The zero-order valence-corrected chi connectivity index (χ0v) is 12.0. The van der Waals surface area contributed by atoms with Crippen LogP contribution in [0.4, 0.5) is 5.69 Å². The highest BCUT2D eigenvalue weighted by Gasteiger charge is 2.13. The van der Waals surface area contributed by atoms with E-state index in [1.807, 2.05) is 0 Å². The highest BCUT2D eigenvalue weighted by Crippen LogP contribution is 2.21. The molecule has 22 heavy (non-hydrogen) atoms. The summed E-state index contributed by atoms with van der Waals surface area (Å²) in [4.78, 5) is 10.2. The number of hydrogen-bond donors (Lipinski definition) is 2. The van der Waals surface area contributed by atoms with Crippen LogP contribution in [0.2, 0.25) is 0 Å². The largest absolute Gasteiger partial charge is 0.503 e. The van der Waals surface area contributed by atoms with Gasteiger partial charge in [0.2, 0.25) is 5.65 Å². The van der Waals surface area contributed by atoms with Crippen LogP contribution in [-0.4, -0.2) is 29.8 Å². The van der Waals surface area contributed by atoms with Gasteiger partial charge in [0.15, 0.2) is 11.6 Å². The summed E-state index contributed by atoms with van der Waals surface area (Å²) in [5.74, 6) is 0.870. The fourth-order valence-electron chi connectivity index (χ4n) is 2.37. The van der Waals surface area contributed by atoms with E-state index in [9.17, 15) is 15.2 Å². The second-order valence-electron chi connectivity index (χ2n) is 5.14. The van der Waals surface area contributed by atoms with Crippen molar-refractivity contribution in [3.63, 3.8) is 0 Å². The molecule has 0 atom stereocenters. The van der Waals surface area contributed by atoms with E-state index in [0.29, 0.717) is 17.8 Å². The summed E-state index contributed by atoms with van der Waals surface area (Å²) in [7, 11) is 0. The van der Waals surface area contributed by atoms with Crippen molar-refractivity contribution in [1.29, 1.82) is 0 Å². The van der Waals surface area contributed by atoms with Gasteiger partial charge in [0.05, 0.1) is 10.6 Å². The number of nitrogens with zero attached hydrogens (tertiary/aromatic N) is 4. The highest BCUT2D eigenvalue weighted by atomic mass is 16.6. The molecule has 0 saturated carbocycles. The maximum absolute atomic E-state index is 10.6. The van der Waals surface area contributed by atoms with Gasteiger partial charge in [0, 0.05) is 18.6 Å². The molecule has 0 aliphatic rings. The highest BCUT2D eigenvalue weighted by molar-refractivity contribution is 5.54. The molecule has 1 aromatic carbocycles. The molecule has 0 fully saturated rings. The number of aryl methyl sites for hydroxylation is 3. The topological polar surface area (TPSA) is 109 Å². The number of hydrogen-bond acceptors (Lipinski definition) is 5. The number of nitrogens with one attached hydrogen (secondary N) is 1. The normalized spacial score (nSPS) is 11.1. The molecule has 0 saturated heterocycles. The fraction of sp³-hybridized carbons (Fsp3) is 0.286. The minimum absolute atomic E-state index is 0.0975. The number of nitro benzene ring substituents is 1. The molecule has 114 valence electrons. The first kappa shape index (κ1) is 14.1. The first-order chi connectivity index (χ1) is 10.6. The summed E-state index contributed by atoms with van der Waals surface area (Å²) < 4.78 is 1.68. The molecule has 0 radical (unpaired) electrons. The van der Waals surface area contributed by atoms with Gasteiger partial charge in [-0.3, -0.25) is 15.2 Å². The van der Waals surface area contributed by atoms with Crippen molar-refractivity contribution in [2.45, 2.75) is 26.2 Å². The number of benzene rings is 1. The smallest absolute Gasteiger partial charge is 0.269 e. The molecule has 8 nitrogen and oxygen atoms in total. The first-order valence-corrected chi connectivity index (χ1v) is 6.91. The fourth-order valence-corrected chi connectivity index (χ4v) is 2.37. The molecule has 0 bridgehead atoms. The van der Waals surface area contributed by atoms with Crippen molar-refractivity contribution < 1.29 is 10.0 Å². The van der Waals surface area contributed by atoms with Crippen molar-refractivity contribution in [3.05, 3.63) is 51.5 Å². The van der Waals surface area contributed by atoms with Gasteiger partial charge < -0.3 is 5.11 Å². The van der Waals surface area contributed by atoms with E-state index < -0.39 is 4.92 Å². The number of H-pyrrole nitrogens is 1. The van der Waals surface area contributed by atoms with Crippen molar-refractivity contribution >= 4 is 11.3 Å². The molecule has 2 N–H and O–H groups in total. The second-order valence-corrected chi connectivity index (χ2v) is 5.14. The van der Waals surface area contributed by atoms with E-state index in [0.717, 1.165) is 24.2 Å². The molecule has 0 unspecified atom stereocenters. The average molecular weight is 301 g/mol. The summed E-state index contributed by atoms with van der Waals surface area (Å²) in [5.41, 5.74) is 2.22. The monoisotopic (exact) mass is 301 g/mol. The lowest BCUT2D eigenvalue weighted by atomic mass is 10.1. The van der Waals surface area contributed by atoms with E-state index in [4.69, 9.17) is 0 Å².